The Hall–Kier alpha value is -3.81. The summed E-state index contributed by atoms with van der Waals surface area (Å²) >= 11 is 0. The van der Waals surface area contributed by atoms with Gasteiger partial charge in [0, 0.05) is 30.6 Å². The maximum atomic E-state index is 13.0. The van der Waals surface area contributed by atoms with Crippen LogP contribution in [0.2, 0.25) is 0 Å². The molecule has 8 heteroatoms. The number of benzene rings is 2. The molecule has 1 amide bonds. The molecule has 3 aromatic rings. The lowest BCUT2D eigenvalue weighted by Crippen LogP contribution is -2.26. The SMILES string of the molecule is CC(C)CC(=O)Nc1ccc(C(=O)COC(=O)c2ccc3c(=O)n4c(nc3c2)CCCCCC4)cc1. The van der Waals surface area contributed by atoms with Gasteiger partial charge in [0.15, 0.2) is 12.4 Å². The lowest BCUT2D eigenvalue weighted by Gasteiger charge is -2.16. The molecule has 1 aliphatic rings. The van der Waals surface area contributed by atoms with Crippen molar-refractivity contribution in [2.24, 2.45) is 5.92 Å². The number of amides is 1. The van der Waals surface area contributed by atoms with Crippen LogP contribution in [0.1, 0.15) is 72.5 Å². The van der Waals surface area contributed by atoms with Gasteiger partial charge in [-0.15, -0.1) is 0 Å². The van der Waals surface area contributed by atoms with Crippen LogP contribution in [0.4, 0.5) is 5.69 Å². The highest BCUT2D eigenvalue weighted by molar-refractivity contribution is 6.00. The number of hydrogen-bond acceptors (Lipinski definition) is 6. The normalized spacial score (nSPS) is 13.5. The number of nitrogens with one attached hydrogen (secondary N) is 1. The molecule has 8 nitrogen and oxygen atoms in total. The third kappa shape index (κ3) is 6.05. The van der Waals surface area contributed by atoms with E-state index in [1.165, 1.54) is 6.07 Å². The van der Waals surface area contributed by atoms with E-state index in [-0.39, 0.29) is 28.7 Å². The lowest BCUT2D eigenvalue weighted by atomic mass is 10.1. The quantitative estimate of drug-likeness (QED) is 0.386. The van der Waals surface area contributed by atoms with Crippen molar-refractivity contribution in [2.75, 3.05) is 11.9 Å². The van der Waals surface area contributed by atoms with Crippen molar-refractivity contribution < 1.29 is 19.1 Å². The zero-order valence-electron chi connectivity index (χ0n) is 20.7. The minimum atomic E-state index is -0.656. The van der Waals surface area contributed by atoms with E-state index in [2.05, 4.69) is 10.3 Å². The number of fused-ring (bicyclic) bond motifs is 2. The summed E-state index contributed by atoms with van der Waals surface area (Å²) in [5, 5.41) is 3.26. The van der Waals surface area contributed by atoms with Gasteiger partial charge >= 0.3 is 5.97 Å². The van der Waals surface area contributed by atoms with Crippen LogP contribution in [0.15, 0.2) is 47.3 Å². The van der Waals surface area contributed by atoms with E-state index in [0.29, 0.717) is 35.1 Å². The second kappa shape index (κ2) is 11.3. The molecule has 0 saturated heterocycles. The molecule has 0 unspecified atom stereocenters. The van der Waals surface area contributed by atoms with Gasteiger partial charge in [0.05, 0.1) is 16.5 Å². The van der Waals surface area contributed by atoms with E-state index in [9.17, 15) is 19.2 Å². The highest BCUT2D eigenvalue weighted by Gasteiger charge is 2.17. The molecule has 0 spiro atoms. The lowest BCUT2D eigenvalue weighted by molar-refractivity contribution is -0.116. The van der Waals surface area contributed by atoms with Gasteiger partial charge in [0.25, 0.3) is 5.56 Å². The first-order chi connectivity index (χ1) is 17.3. The van der Waals surface area contributed by atoms with Crippen LogP contribution in [0.5, 0.6) is 0 Å². The van der Waals surface area contributed by atoms with Crippen LogP contribution in [0, 0.1) is 5.92 Å². The van der Waals surface area contributed by atoms with E-state index in [4.69, 9.17) is 4.74 Å². The van der Waals surface area contributed by atoms with Gasteiger partial charge in [0.2, 0.25) is 5.91 Å². The Kier molecular flexibility index (Phi) is 7.93. The fourth-order valence-electron chi connectivity index (χ4n) is 4.34. The standard InChI is InChI=1S/C28H31N3O5/c1-18(2)15-26(33)29-21-11-8-19(9-12-21)24(32)17-36-28(35)20-10-13-22-23(16-20)30-25-7-5-3-4-6-14-31(25)27(22)34/h8-13,16,18H,3-7,14-15,17H2,1-2H3,(H,29,33). The summed E-state index contributed by atoms with van der Waals surface area (Å²) in [6, 6.07) is 11.1. The molecule has 1 aromatic heterocycles. The summed E-state index contributed by atoms with van der Waals surface area (Å²) < 4.78 is 6.99. The maximum Gasteiger partial charge on any atom is 0.338 e. The first-order valence-corrected chi connectivity index (χ1v) is 12.5. The summed E-state index contributed by atoms with van der Waals surface area (Å²) in [5.74, 6) is -0.105. The van der Waals surface area contributed by atoms with Crippen LogP contribution < -0.4 is 10.9 Å². The Morgan fingerprint density at radius 2 is 1.72 bits per heavy atom. The second-order valence-corrected chi connectivity index (χ2v) is 9.60. The molecule has 2 aromatic carbocycles. The van der Waals surface area contributed by atoms with Crippen molar-refractivity contribution in [1.82, 2.24) is 9.55 Å². The van der Waals surface area contributed by atoms with Gasteiger partial charge in [-0.05, 0) is 61.2 Å². The van der Waals surface area contributed by atoms with E-state index < -0.39 is 12.6 Å². The van der Waals surface area contributed by atoms with Gasteiger partial charge in [-0.3, -0.25) is 19.0 Å². The molecule has 0 saturated carbocycles. The van der Waals surface area contributed by atoms with Crippen molar-refractivity contribution in [1.29, 1.82) is 0 Å². The number of ether oxygens (including phenoxy) is 1. The van der Waals surface area contributed by atoms with E-state index >= 15 is 0 Å². The Morgan fingerprint density at radius 3 is 2.47 bits per heavy atom. The van der Waals surface area contributed by atoms with Crippen molar-refractivity contribution in [2.45, 2.75) is 58.9 Å². The molecular weight excluding hydrogens is 458 g/mol. The minimum Gasteiger partial charge on any atom is -0.454 e. The van der Waals surface area contributed by atoms with Gasteiger partial charge in [-0.25, -0.2) is 9.78 Å². The Bertz CT molecular complexity index is 1340. The second-order valence-electron chi connectivity index (χ2n) is 9.60. The summed E-state index contributed by atoms with van der Waals surface area (Å²) in [5.41, 5.74) is 1.58. The Labute approximate surface area is 209 Å². The number of Topliss-reactive ketones (excluding diaryl/α,β-unsaturated/α-hetero) is 1. The van der Waals surface area contributed by atoms with Crippen molar-refractivity contribution in [3.05, 3.63) is 69.8 Å². The van der Waals surface area contributed by atoms with Crippen LogP contribution in [-0.4, -0.2) is 33.8 Å². The molecule has 4 rings (SSSR count). The van der Waals surface area contributed by atoms with E-state index in [1.54, 1.807) is 41.0 Å². The predicted molar refractivity (Wildman–Crippen MR) is 137 cm³/mol. The highest BCUT2D eigenvalue weighted by Crippen LogP contribution is 2.17. The third-order valence-electron chi connectivity index (χ3n) is 6.22. The fourth-order valence-corrected chi connectivity index (χ4v) is 4.34. The van der Waals surface area contributed by atoms with Crippen molar-refractivity contribution in [3.8, 4) is 0 Å². The highest BCUT2D eigenvalue weighted by atomic mass is 16.5. The largest absolute Gasteiger partial charge is 0.454 e. The first kappa shape index (κ1) is 25.3. The van der Waals surface area contributed by atoms with Crippen LogP contribution in [0.25, 0.3) is 10.9 Å². The monoisotopic (exact) mass is 489 g/mol. The van der Waals surface area contributed by atoms with Gasteiger partial charge in [-0.1, -0.05) is 26.7 Å². The van der Waals surface area contributed by atoms with Crippen molar-refractivity contribution in [3.63, 3.8) is 0 Å². The van der Waals surface area contributed by atoms with Crippen LogP contribution >= 0.6 is 0 Å². The Balaban J connectivity index is 1.41. The van der Waals surface area contributed by atoms with Crippen LogP contribution in [0.3, 0.4) is 0 Å². The number of nitrogens with zero attached hydrogens (tertiary/aromatic N) is 2. The van der Waals surface area contributed by atoms with Crippen molar-refractivity contribution >= 4 is 34.3 Å². The fraction of sp³-hybridized carbons (Fsp3) is 0.393. The summed E-state index contributed by atoms with van der Waals surface area (Å²) in [7, 11) is 0. The van der Waals surface area contributed by atoms with E-state index in [0.717, 1.165) is 37.9 Å². The smallest absolute Gasteiger partial charge is 0.338 e. The molecule has 1 aliphatic heterocycles. The summed E-state index contributed by atoms with van der Waals surface area (Å²) in [6.07, 6.45) is 5.30. The molecule has 0 radical (unpaired) electrons. The molecule has 1 N–H and O–H groups in total. The zero-order valence-corrected chi connectivity index (χ0v) is 20.7. The number of hydrogen-bond donors (Lipinski definition) is 1. The maximum absolute atomic E-state index is 13.0. The average molecular weight is 490 g/mol. The Morgan fingerprint density at radius 1 is 1.00 bits per heavy atom. The number of esters is 1. The number of anilines is 1. The molecular formula is C28H31N3O5. The first-order valence-electron chi connectivity index (χ1n) is 12.5. The number of ketones is 1. The van der Waals surface area contributed by atoms with Gasteiger partial charge in [-0.2, -0.15) is 0 Å². The molecule has 0 bridgehead atoms. The van der Waals surface area contributed by atoms with Gasteiger partial charge in [0.1, 0.15) is 5.82 Å². The van der Waals surface area contributed by atoms with E-state index in [1.807, 2.05) is 13.8 Å². The zero-order chi connectivity index (χ0) is 25.7. The molecule has 2 heterocycles. The molecule has 0 fully saturated rings. The number of rotatable bonds is 7. The number of aromatic nitrogens is 2. The minimum absolute atomic E-state index is 0.0860. The van der Waals surface area contributed by atoms with Crippen LogP contribution in [-0.2, 0) is 22.5 Å². The molecule has 0 aliphatic carbocycles. The average Bonchev–Trinajstić information content (AvgIpc) is 2.83. The predicted octanol–water partition coefficient (Wildman–Crippen LogP) is 4.54. The number of carbonyl (C=O) groups excluding carboxylic acids is 3. The summed E-state index contributed by atoms with van der Waals surface area (Å²) in [4.78, 5) is 54.7. The summed E-state index contributed by atoms with van der Waals surface area (Å²) in [6.45, 7) is 4.17. The van der Waals surface area contributed by atoms with Gasteiger partial charge < -0.3 is 10.1 Å². The topological polar surface area (TPSA) is 107 Å². The molecule has 0 atom stereocenters. The molecule has 36 heavy (non-hydrogen) atoms. The number of carbonyl (C=O) groups is 3. The molecule has 188 valence electrons. The third-order valence-corrected chi connectivity index (χ3v) is 6.22. The number of aryl methyl sites for hydroxylation is 1.